The van der Waals surface area contributed by atoms with E-state index in [2.05, 4.69) is 10.0 Å². The van der Waals surface area contributed by atoms with Crippen LogP contribution >= 0.6 is 0 Å². The Bertz CT molecular complexity index is 1400. The van der Waals surface area contributed by atoms with E-state index < -0.39 is 63.6 Å². The smallest absolute Gasteiger partial charge is 0.264 e. The van der Waals surface area contributed by atoms with Crippen molar-refractivity contribution in [2.45, 2.75) is 115 Å². The van der Waals surface area contributed by atoms with Crippen LogP contribution in [0.5, 0.6) is 0 Å². The molecule has 49 heavy (non-hydrogen) atoms. The van der Waals surface area contributed by atoms with Gasteiger partial charge >= 0.3 is 0 Å². The highest BCUT2D eigenvalue weighted by molar-refractivity contribution is 7.90. The van der Waals surface area contributed by atoms with E-state index in [0.717, 1.165) is 0 Å². The molecule has 0 aliphatic carbocycles. The van der Waals surface area contributed by atoms with Crippen molar-refractivity contribution in [3.63, 3.8) is 0 Å². The summed E-state index contributed by atoms with van der Waals surface area (Å²) in [6.07, 6.45) is 0.340. The van der Waals surface area contributed by atoms with Crippen LogP contribution < -0.4 is 21.5 Å². The normalized spacial score (nSPS) is 19.0. The molecule has 1 aliphatic rings. The van der Waals surface area contributed by atoms with Gasteiger partial charge in [-0.1, -0.05) is 41.0 Å². The molecule has 0 bridgehead atoms. The molecule has 0 radical (unpaired) electrons. The second kappa shape index (κ2) is 17.6. The predicted molar refractivity (Wildman–Crippen MR) is 187 cm³/mol. The molecule has 14 nitrogen and oxygen atoms in total. The van der Waals surface area contributed by atoms with Crippen molar-refractivity contribution in [3.8, 4) is 0 Å². The van der Waals surface area contributed by atoms with Crippen molar-refractivity contribution in [2.24, 2.45) is 23.5 Å². The summed E-state index contributed by atoms with van der Waals surface area (Å²) in [5, 5.41) is 2.80. The lowest BCUT2D eigenvalue weighted by molar-refractivity contribution is -0.147. The molecule has 1 heterocycles. The minimum Gasteiger partial charge on any atom is -0.399 e. The van der Waals surface area contributed by atoms with Crippen molar-refractivity contribution in [1.29, 1.82) is 0 Å². The van der Waals surface area contributed by atoms with Crippen LogP contribution in [0.15, 0.2) is 29.2 Å². The van der Waals surface area contributed by atoms with Crippen molar-refractivity contribution in [3.05, 3.63) is 24.3 Å². The number of hydrogen-bond donors (Lipinski definition) is 4. The zero-order chi connectivity index (χ0) is 37.4. The van der Waals surface area contributed by atoms with Gasteiger partial charge in [0.05, 0.1) is 47.1 Å². The Balaban J connectivity index is 2.28. The Morgan fingerprint density at radius 3 is 2.14 bits per heavy atom. The number of benzene rings is 1. The fourth-order valence-corrected chi connectivity index (χ4v) is 7.36. The third-order valence-corrected chi connectivity index (χ3v) is 10.9. The van der Waals surface area contributed by atoms with Crippen LogP contribution in [0.4, 0.5) is 5.69 Å². The number of nitrogen functional groups attached to an aromatic ring is 1. The maximum absolute atomic E-state index is 14.0. The van der Waals surface area contributed by atoms with Gasteiger partial charge in [-0.15, -0.1) is 0 Å². The number of nitrogens with one attached hydrogen (secondary N) is 2. The van der Waals surface area contributed by atoms with Gasteiger partial charge in [0.2, 0.25) is 23.6 Å². The molecule has 278 valence electrons. The van der Waals surface area contributed by atoms with Gasteiger partial charge in [0.15, 0.2) is 0 Å². The number of likely N-dealkylation sites (N-methyl/N-ethyl adjacent to an activating group) is 1. The SMILES string of the molecule is CC[C@H](C)[C@@H]([C@@H](CC(=O)N1CCC[C@H]1[C@H](OC)[C@@H](C)C(=O)NS(=O)(=O)c1ccc(N)cc1)OC)N(C)C(=O)[C@@H](NC(=O)C(C)(C)N)C(C)C. The zero-order valence-electron chi connectivity index (χ0n) is 30.7. The Morgan fingerprint density at radius 2 is 1.65 bits per heavy atom. The molecule has 2 rings (SSSR count). The lowest BCUT2D eigenvalue weighted by Gasteiger charge is -2.41. The first-order chi connectivity index (χ1) is 22.7. The first kappa shape index (κ1) is 41.9. The van der Waals surface area contributed by atoms with Crippen molar-refractivity contribution < 1.29 is 37.1 Å². The van der Waals surface area contributed by atoms with E-state index in [0.29, 0.717) is 31.5 Å². The molecule has 1 aromatic carbocycles. The Hall–Kier alpha value is -3.27. The number of sulfonamides is 1. The lowest BCUT2D eigenvalue weighted by Crippen LogP contribution is -2.60. The molecule has 4 amide bonds. The second-order valence-electron chi connectivity index (χ2n) is 14.0. The monoisotopic (exact) mass is 710 g/mol. The fraction of sp³-hybridized carbons (Fsp3) is 0.706. The highest BCUT2D eigenvalue weighted by Crippen LogP contribution is 2.30. The fourth-order valence-electron chi connectivity index (χ4n) is 6.30. The first-order valence-electron chi connectivity index (χ1n) is 16.8. The number of anilines is 1. The number of hydrogen-bond acceptors (Lipinski definition) is 10. The maximum atomic E-state index is 14.0. The predicted octanol–water partition coefficient (Wildman–Crippen LogP) is 1.87. The van der Waals surface area contributed by atoms with Gasteiger partial charge in [-0.05, 0) is 62.8 Å². The molecule has 0 aromatic heterocycles. The zero-order valence-corrected chi connectivity index (χ0v) is 31.5. The summed E-state index contributed by atoms with van der Waals surface area (Å²) >= 11 is 0. The van der Waals surface area contributed by atoms with E-state index in [1.54, 1.807) is 37.6 Å². The van der Waals surface area contributed by atoms with Crippen LogP contribution in [0.2, 0.25) is 0 Å². The van der Waals surface area contributed by atoms with Gasteiger partial charge in [-0.2, -0.15) is 0 Å². The first-order valence-corrected chi connectivity index (χ1v) is 18.3. The highest BCUT2D eigenvalue weighted by atomic mass is 32.2. The van der Waals surface area contributed by atoms with Crippen LogP contribution in [0.3, 0.4) is 0 Å². The van der Waals surface area contributed by atoms with Crippen molar-refractivity contribution >= 4 is 39.3 Å². The van der Waals surface area contributed by atoms with E-state index in [9.17, 15) is 27.6 Å². The van der Waals surface area contributed by atoms with Gasteiger partial charge in [-0.3, -0.25) is 19.2 Å². The van der Waals surface area contributed by atoms with Gasteiger partial charge in [0.1, 0.15) is 6.04 Å². The van der Waals surface area contributed by atoms with Crippen molar-refractivity contribution in [2.75, 3.05) is 33.5 Å². The molecular weight excluding hydrogens is 652 g/mol. The number of methoxy groups -OCH3 is 2. The third kappa shape index (κ3) is 10.6. The summed E-state index contributed by atoms with van der Waals surface area (Å²) in [5.74, 6) is -3.02. The highest BCUT2D eigenvalue weighted by Gasteiger charge is 2.43. The largest absolute Gasteiger partial charge is 0.399 e. The molecule has 0 spiro atoms. The Kier molecular flexibility index (Phi) is 15.0. The van der Waals surface area contributed by atoms with Gasteiger partial charge in [-0.25, -0.2) is 13.1 Å². The summed E-state index contributed by atoms with van der Waals surface area (Å²) in [6.45, 7) is 12.8. The molecule has 7 atom stereocenters. The molecule has 6 N–H and O–H groups in total. The number of ether oxygens (including phenoxy) is 2. The van der Waals surface area contributed by atoms with E-state index in [-0.39, 0.29) is 35.0 Å². The molecule has 0 unspecified atom stereocenters. The minimum atomic E-state index is -4.17. The standard InChI is InChI=1S/C34H58N6O8S/c1-11-21(4)29(39(8)32(43)28(20(2)3)37-33(44)34(6,7)36)26(47-9)19-27(41)40-18-12-13-25(40)30(48-10)22(5)31(42)38-49(45,46)24-16-14-23(35)15-17-24/h14-17,20-22,25-26,28-30H,11-13,18-19,35-36H2,1-10H3,(H,37,44)(H,38,42)/t21-,22+,25-,26+,28-,29-,30+/m0/s1. The quantitative estimate of drug-likeness (QED) is 0.173. The van der Waals surface area contributed by atoms with E-state index in [4.69, 9.17) is 20.9 Å². The Labute approximate surface area is 292 Å². The molecule has 0 saturated carbocycles. The number of likely N-dealkylation sites (tertiary alicyclic amines) is 1. The van der Waals surface area contributed by atoms with Crippen LogP contribution in [0.1, 0.15) is 74.1 Å². The minimum absolute atomic E-state index is 0.0588. The average Bonchev–Trinajstić information content (AvgIpc) is 3.51. The van der Waals surface area contributed by atoms with Crippen LogP contribution in [0, 0.1) is 17.8 Å². The molecule has 1 fully saturated rings. The summed E-state index contributed by atoms with van der Waals surface area (Å²) in [5.41, 5.74) is 10.9. The average molecular weight is 711 g/mol. The van der Waals surface area contributed by atoms with Crippen LogP contribution in [-0.2, 0) is 38.7 Å². The van der Waals surface area contributed by atoms with Crippen LogP contribution in [-0.4, -0.2) is 106 Å². The molecular formula is C34H58N6O8S. The second-order valence-corrected chi connectivity index (χ2v) is 15.7. The number of carbonyl (C=O) groups excluding carboxylic acids is 4. The van der Waals surface area contributed by atoms with E-state index >= 15 is 0 Å². The van der Waals surface area contributed by atoms with Gasteiger partial charge in [0, 0.05) is 33.5 Å². The number of nitrogens with two attached hydrogens (primary N) is 2. The number of nitrogens with zero attached hydrogens (tertiary/aromatic N) is 2. The summed E-state index contributed by atoms with van der Waals surface area (Å²) in [7, 11) is 0.415. The third-order valence-electron chi connectivity index (χ3n) is 9.49. The molecule has 1 aromatic rings. The number of amides is 4. The Morgan fingerprint density at radius 1 is 1.06 bits per heavy atom. The van der Waals surface area contributed by atoms with Gasteiger partial charge < -0.3 is 36.1 Å². The maximum Gasteiger partial charge on any atom is 0.264 e. The number of carbonyl (C=O) groups is 4. The summed E-state index contributed by atoms with van der Waals surface area (Å²) < 4.78 is 39.6. The summed E-state index contributed by atoms with van der Waals surface area (Å²) in [6, 6.07) is 3.61. The molecule has 1 saturated heterocycles. The molecule has 15 heteroatoms. The topological polar surface area (TPSA) is 203 Å². The van der Waals surface area contributed by atoms with Gasteiger partial charge in [0.25, 0.3) is 10.0 Å². The lowest BCUT2D eigenvalue weighted by atomic mass is 9.89. The van der Waals surface area contributed by atoms with Crippen molar-refractivity contribution in [1.82, 2.24) is 19.8 Å². The number of rotatable bonds is 17. The van der Waals surface area contributed by atoms with Crippen LogP contribution in [0.25, 0.3) is 0 Å². The summed E-state index contributed by atoms with van der Waals surface area (Å²) in [4.78, 5) is 57.0. The van der Waals surface area contributed by atoms with E-state index in [1.165, 1.54) is 38.5 Å². The molecule has 1 aliphatic heterocycles. The van der Waals surface area contributed by atoms with E-state index in [1.807, 2.05) is 27.7 Å².